The molecule has 3 rings (SSSR count). The van der Waals surface area contributed by atoms with E-state index in [1.807, 2.05) is 36.5 Å². The zero-order valence-corrected chi connectivity index (χ0v) is 22.3. The number of allylic oxidation sites excluding steroid dienone is 3. The second-order valence-electron chi connectivity index (χ2n) is 10.9. The van der Waals surface area contributed by atoms with Crippen molar-refractivity contribution in [3.63, 3.8) is 0 Å². The number of ether oxygens (including phenoxy) is 1. The van der Waals surface area contributed by atoms with Crippen molar-refractivity contribution in [1.82, 2.24) is 9.88 Å². The number of benzene rings is 1. The molecule has 2 aromatic rings. The molecular formula is C28H40N2O3Si. The number of esters is 1. The number of nitrogens with one attached hydrogen (secondary N) is 1. The van der Waals surface area contributed by atoms with Gasteiger partial charge in [-0.05, 0) is 48.3 Å². The maximum atomic E-state index is 12.9. The second kappa shape index (κ2) is 11.2. The molecule has 0 radical (unpaired) electrons. The molecule has 5 nitrogen and oxygen atoms in total. The van der Waals surface area contributed by atoms with E-state index in [-0.39, 0.29) is 11.9 Å². The van der Waals surface area contributed by atoms with E-state index in [4.69, 9.17) is 4.74 Å². The van der Waals surface area contributed by atoms with Crippen LogP contribution in [0.5, 0.6) is 0 Å². The Labute approximate surface area is 205 Å². The molecule has 1 aromatic carbocycles. The van der Waals surface area contributed by atoms with Gasteiger partial charge in [-0.3, -0.25) is 4.79 Å². The van der Waals surface area contributed by atoms with Crippen molar-refractivity contribution >= 4 is 30.9 Å². The van der Waals surface area contributed by atoms with Crippen LogP contribution < -0.4 is 0 Å². The Kier molecular flexibility index (Phi) is 8.58. The molecule has 6 heteroatoms. The lowest BCUT2D eigenvalue weighted by molar-refractivity contribution is -0.152. The van der Waals surface area contributed by atoms with Gasteiger partial charge in [0.1, 0.15) is 6.04 Å². The van der Waals surface area contributed by atoms with Crippen LogP contribution in [0.2, 0.25) is 25.7 Å². The van der Waals surface area contributed by atoms with Gasteiger partial charge in [0, 0.05) is 45.1 Å². The van der Waals surface area contributed by atoms with Gasteiger partial charge in [0.05, 0.1) is 7.11 Å². The highest BCUT2D eigenvalue weighted by Crippen LogP contribution is 2.39. The van der Waals surface area contributed by atoms with Gasteiger partial charge in [-0.2, -0.15) is 0 Å². The average Bonchev–Trinajstić information content (AvgIpc) is 3.38. The minimum Gasteiger partial charge on any atom is -0.467 e. The molecule has 1 N–H and O–H groups in total. The molecule has 1 fully saturated rings. The lowest BCUT2D eigenvalue weighted by atomic mass is 9.93. The fourth-order valence-corrected chi connectivity index (χ4v) is 5.97. The number of H-pyrrole nitrogens is 1. The molecule has 0 aliphatic heterocycles. The third-order valence-electron chi connectivity index (χ3n) is 7.01. The number of fused-ring (bicyclic) bond motifs is 1. The van der Waals surface area contributed by atoms with Crippen LogP contribution in [0.25, 0.3) is 10.9 Å². The van der Waals surface area contributed by atoms with Crippen molar-refractivity contribution in [2.45, 2.75) is 57.9 Å². The zero-order chi connectivity index (χ0) is 24.9. The smallest absolute Gasteiger partial charge is 0.328 e. The lowest BCUT2D eigenvalue weighted by Gasteiger charge is -2.32. The molecule has 1 heterocycles. The van der Waals surface area contributed by atoms with E-state index in [1.54, 1.807) is 11.8 Å². The van der Waals surface area contributed by atoms with Crippen molar-refractivity contribution in [1.29, 1.82) is 0 Å². The fourth-order valence-electron chi connectivity index (χ4n) is 5.13. The number of hydrogen-bond donors (Lipinski definition) is 1. The number of carbonyl (C=O) groups is 2. The minimum absolute atomic E-state index is 0.0953. The fraction of sp³-hybridized carbons (Fsp3) is 0.500. The van der Waals surface area contributed by atoms with Crippen molar-refractivity contribution in [2.24, 2.45) is 17.8 Å². The van der Waals surface area contributed by atoms with Crippen LogP contribution in [-0.4, -0.2) is 49.5 Å². The Bertz CT molecular complexity index is 1040. The molecule has 184 valence electrons. The lowest BCUT2D eigenvalue weighted by Crippen LogP contribution is -2.48. The first kappa shape index (κ1) is 26.0. The number of hydrogen-bond acceptors (Lipinski definition) is 3. The summed E-state index contributed by atoms with van der Waals surface area (Å²) >= 11 is 0. The van der Waals surface area contributed by atoms with Crippen LogP contribution >= 0.6 is 0 Å². The highest BCUT2D eigenvalue weighted by atomic mass is 28.3. The Morgan fingerprint density at radius 1 is 1.26 bits per heavy atom. The summed E-state index contributed by atoms with van der Waals surface area (Å²) in [5, 5.41) is 1.07. The first-order chi connectivity index (χ1) is 16.1. The SMILES string of the molecule is C=C[C@@H]1CC(CN(C(C)=O)C(Cc2c[nH]c3ccccc23)C(=O)OC)[C@H](/C=C/C[Si](C)(C)C)C1. The Balaban J connectivity index is 1.85. The van der Waals surface area contributed by atoms with Crippen LogP contribution in [0.1, 0.15) is 25.3 Å². The summed E-state index contributed by atoms with van der Waals surface area (Å²) in [7, 11) is 0.238. The molecule has 0 saturated heterocycles. The standard InChI is InChI=1S/C28H40N2O3Si/c1-7-21-15-22(11-10-14-34(4,5)6)24(16-21)19-30(20(2)31)27(28(32)33-3)17-23-18-29-26-13-9-8-12-25(23)26/h7-13,18,21-22,24,27,29H,1,14-17,19H2,2-6H3/b11-10+/t21-,22+,24?,27?/m0/s1. The number of methoxy groups -OCH3 is 1. The van der Waals surface area contributed by atoms with E-state index in [9.17, 15) is 9.59 Å². The van der Waals surface area contributed by atoms with E-state index in [0.29, 0.717) is 30.7 Å². The first-order valence-corrected chi connectivity index (χ1v) is 16.0. The number of para-hydroxylation sites is 1. The van der Waals surface area contributed by atoms with Crippen LogP contribution in [0.3, 0.4) is 0 Å². The van der Waals surface area contributed by atoms with Crippen molar-refractivity contribution in [3.8, 4) is 0 Å². The maximum absolute atomic E-state index is 12.9. The van der Waals surface area contributed by atoms with Crippen molar-refractivity contribution in [3.05, 3.63) is 60.8 Å². The first-order valence-electron chi connectivity index (χ1n) is 12.3. The predicted octanol–water partition coefficient (Wildman–Crippen LogP) is 5.82. The normalized spacial score (nSPS) is 21.6. The molecule has 1 aliphatic rings. The number of nitrogens with zero attached hydrogens (tertiary/aromatic N) is 1. The van der Waals surface area contributed by atoms with E-state index in [0.717, 1.165) is 35.4 Å². The summed E-state index contributed by atoms with van der Waals surface area (Å²) < 4.78 is 5.17. The van der Waals surface area contributed by atoms with Gasteiger partial charge < -0.3 is 14.6 Å². The molecule has 0 bridgehead atoms. The number of aromatic nitrogens is 1. The third-order valence-corrected chi connectivity index (χ3v) is 8.47. The van der Waals surface area contributed by atoms with Gasteiger partial charge >= 0.3 is 5.97 Å². The number of amides is 1. The molecular weight excluding hydrogens is 440 g/mol. The second-order valence-corrected chi connectivity index (χ2v) is 16.4. The summed E-state index contributed by atoms with van der Waals surface area (Å²) in [6.07, 6.45) is 11.1. The Hall–Kier alpha value is -2.60. The minimum atomic E-state index is -1.16. The number of carbonyl (C=O) groups excluding carboxylic acids is 2. The number of rotatable bonds is 10. The van der Waals surface area contributed by atoms with Crippen LogP contribution in [-0.2, 0) is 20.7 Å². The molecule has 4 atom stereocenters. The average molecular weight is 481 g/mol. The highest BCUT2D eigenvalue weighted by Gasteiger charge is 2.37. The van der Waals surface area contributed by atoms with E-state index < -0.39 is 14.1 Å². The summed E-state index contributed by atoms with van der Waals surface area (Å²) in [5.74, 6) is 0.643. The molecule has 34 heavy (non-hydrogen) atoms. The third kappa shape index (κ3) is 6.50. The highest BCUT2D eigenvalue weighted by molar-refractivity contribution is 6.76. The predicted molar refractivity (Wildman–Crippen MR) is 142 cm³/mol. The quantitative estimate of drug-likeness (QED) is 0.265. The topological polar surface area (TPSA) is 62.4 Å². The van der Waals surface area contributed by atoms with E-state index in [1.165, 1.54) is 7.11 Å². The molecule has 0 spiro atoms. The maximum Gasteiger partial charge on any atom is 0.328 e. The van der Waals surface area contributed by atoms with Gasteiger partial charge in [-0.15, -0.1) is 6.58 Å². The Morgan fingerprint density at radius 2 is 2.00 bits per heavy atom. The summed E-state index contributed by atoms with van der Waals surface area (Å²) in [6.45, 7) is 13.3. The van der Waals surface area contributed by atoms with Crippen molar-refractivity contribution < 1.29 is 14.3 Å². The molecule has 1 aliphatic carbocycles. The monoisotopic (exact) mass is 480 g/mol. The van der Waals surface area contributed by atoms with E-state index >= 15 is 0 Å². The molecule has 1 amide bonds. The van der Waals surface area contributed by atoms with Gasteiger partial charge in [-0.1, -0.05) is 56.1 Å². The van der Waals surface area contributed by atoms with Crippen LogP contribution in [0.4, 0.5) is 0 Å². The Morgan fingerprint density at radius 3 is 2.65 bits per heavy atom. The van der Waals surface area contributed by atoms with E-state index in [2.05, 4.69) is 43.4 Å². The van der Waals surface area contributed by atoms with Crippen LogP contribution in [0.15, 0.2) is 55.3 Å². The molecule has 1 aromatic heterocycles. The van der Waals surface area contributed by atoms with Crippen molar-refractivity contribution in [2.75, 3.05) is 13.7 Å². The summed E-state index contributed by atoms with van der Waals surface area (Å²) in [5.41, 5.74) is 2.03. The van der Waals surface area contributed by atoms with Gasteiger partial charge in [-0.25, -0.2) is 4.79 Å². The number of aromatic amines is 1. The van der Waals surface area contributed by atoms with Gasteiger partial charge in [0.25, 0.3) is 0 Å². The zero-order valence-electron chi connectivity index (χ0n) is 21.3. The largest absolute Gasteiger partial charge is 0.467 e. The van der Waals surface area contributed by atoms with Crippen LogP contribution in [0, 0.1) is 17.8 Å². The summed E-state index contributed by atoms with van der Waals surface area (Å²) in [4.78, 5) is 30.8. The molecule has 2 unspecified atom stereocenters. The van der Waals surface area contributed by atoms with Gasteiger partial charge in [0.2, 0.25) is 5.91 Å². The summed E-state index contributed by atoms with van der Waals surface area (Å²) in [6, 6.07) is 8.51. The molecule has 1 saturated carbocycles. The van der Waals surface area contributed by atoms with Gasteiger partial charge in [0.15, 0.2) is 0 Å².